The van der Waals surface area contributed by atoms with Gasteiger partial charge in [-0.15, -0.1) is 0 Å². The molecule has 2 N–H and O–H groups in total. The van der Waals surface area contributed by atoms with Gasteiger partial charge in [0.15, 0.2) is 6.10 Å². The van der Waals surface area contributed by atoms with Crippen molar-refractivity contribution in [3.05, 3.63) is 42.2 Å². The Hall–Kier alpha value is -2.83. The van der Waals surface area contributed by atoms with Crippen molar-refractivity contribution in [2.75, 3.05) is 5.32 Å². The van der Waals surface area contributed by atoms with Gasteiger partial charge in [-0.1, -0.05) is 18.2 Å². The number of amides is 1. The minimum absolute atomic E-state index is 0.249. The number of hydrogen-bond donors (Lipinski definition) is 2. The molecule has 21 heavy (non-hydrogen) atoms. The third kappa shape index (κ3) is 2.86. The summed E-state index contributed by atoms with van der Waals surface area (Å²) in [6.45, 7) is -0.249. The highest BCUT2D eigenvalue weighted by atomic mass is 16.5. The second-order valence-corrected chi connectivity index (χ2v) is 4.73. The number of nitrogens with zero attached hydrogens (tertiary/aromatic N) is 2. The molecule has 1 unspecified atom stereocenters. The Morgan fingerprint density at radius 2 is 2.24 bits per heavy atom. The number of anilines is 1. The average molecular weight is 287 g/mol. The van der Waals surface area contributed by atoms with E-state index in [0.717, 1.165) is 11.3 Å². The summed E-state index contributed by atoms with van der Waals surface area (Å²) in [6, 6.07) is 7.51. The number of aliphatic carboxylic acids is 1. The third-order valence-electron chi connectivity index (χ3n) is 3.14. The van der Waals surface area contributed by atoms with Crippen LogP contribution in [0.4, 0.5) is 5.69 Å². The maximum absolute atomic E-state index is 12.1. The van der Waals surface area contributed by atoms with Crippen LogP contribution in [0.25, 0.3) is 0 Å². The van der Waals surface area contributed by atoms with Gasteiger partial charge in [0.2, 0.25) is 0 Å². The number of aromatic nitrogens is 2. The molecule has 1 atom stereocenters. The van der Waals surface area contributed by atoms with Crippen LogP contribution >= 0.6 is 0 Å². The Balaban J connectivity index is 1.63. The highest BCUT2D eigenvalue weighted by Gasteiger charge is 2.28. The maximum Gasteiger partial charge on any atom is 0.325 e. The summed E-state index contributed by atoms with van der Waals surface area (Å²) in [5, 5.41) is 15.2. The zero-order chi connectivity index (χ0) is 14.8. The summed E-state index contributed by atoms with van der Waals surface area (Å²) in [6.07, 6.45) is 2.81. The molecule has 1 aromatic carbocycles. The molecule has 2 heterocycles. The molecule has 7 heteroatoms. The Bertz CT molecular complexity index is 670. The predicted molar refractivity (Wildman–Crippen MR) is 73.1 cm³/mol. The van der Waals surface area contributed by atoms with Crippen molar-refractivity contribution in [1.82, 2.24) is 9.78 Å². The van der Waals surface area contributed by atoms with Gasteiger partial charge in [-0.2, -0.15) is 5.10 Å². The summed E-state index contributed by atoms with van der Waals surface area (Å²) >= 11 is 0. The summed E-state index contributed by atoms with van der Waals surface area (Å²) in [5.74, 6) is -0.550. The molecule has 1 aromatic heterocycles. The molecule has 0 fully saturated rings. The molecule has 7 nitrogen and oxygen atoms in total. The molecule has 0 aliphatic carbocycles. The van der Waals surface area contributed by atoms with Crippen LogP contribution in [0, 0.1) is 0 Å². The van der Waals surface area contributed by atoms with Crippen LogP contribution in [0.1, 0.15) is 5.56 Å². The Morgan fingerprint density at radius 3 is 3.00 bits per heavy atom. The lowest BCUT2D eigenvalue weighted by atomic mass is 10.1. The molecule has 2 aromatic rings. The van der Waals surface area contributed by atoms with Crippen molar-refractivity contribution >= 4 is 17.6 Å². The van der Waals surface area contributed by atoms with Gasteiger partial charge in [-0.3, -0.25) is 14.3 Å². The van der Waals surface area contributed by atoms with Crippen LogP contribution in [0.3, 0.4) is 0 Å². The smallest absolute Gasteiger partial charge is 0.325 e. The third-order valence-corrected chi connectivity index (χ3v) is 3.14. The normalized spacial score (nSPS) is 16.1. The van der Waals surface area contributed by atoms with Crippen molar-refractivity contribution in [3.8, 4) is 5.75 Å². The fourth-order valence-corrected chi connectivity index (χ4v) is 2.20. The van der Waals surface area contributed by atoms with Crippen molar-refractivity contribution < 1.29 is 19.4 Å². The van der Waals surface area contributed by atoms with E-state index in [1.165, 1.54) is 17.1 Å². The molecule has 1 aliphatic heterocycles. The van der Waals surface area contributed by atoms with E-state index in [1.54, 1.807) is 0 Å². The second-order valence-electron chi connectivity index (χ2n) is 4.73. The van der Waals surface area contributed by atoms with Gasteiger partial charge in [0, 0.05) is 12.6 Å². The lowest BCUT2D eigenvalue weighted by molar-refractivity contribution is -0.137. The molecule has 0 spiro atoms. The zero-order valence-corrected chi connectivity index (χ0v) is 11.0. The number of fused-ring (bicyclic) bond motifs is 1. The quantitative estimate of drug-likeness (QED) is 0.871. The van der Waals surface area contributed by atoms with Gasteiger partial charge in [0.25, 0.3) is 5.91 Å². The number of carbonyl (C=O) groups is 2. The van der Waals surface area contributed by atoms with E-state index in [1.807, 2.05) is 24.3 Å². The monoisotopic (exact) mass is 287 g/mol. The van der Waals surface area contributed by atoms with Gasteiger partial charge in [-0.25, -0.2) is 0 Å². The van der Waals surface area contributed by atoms with Crippen molar-refractivity contribution in [2.45, 2.75) is 19.1 Å². The van der Waals surface area contributed by atoms with Crippen molar-refractivity contribution in [2.24, 2.45) is 0 Å². The summed E-state index contributed by atoms with van der Waals surface area (Å²) in [7, 11) is 0. The topological polar surface area (TPSA) is 93.5 Å². The van der Waals surface area contributed by atoms with Crippen LogP contribution in [0.2, 0.25) is 0 Å². The van der Waals surface area contributed by atoms with Crippen LogP contribution < -0.4 is 10.1 Å². The van der Waals surface area contributed by atoms with Gasteiger partial charge in [0.05, 0.1) is 11.9 Å². The second kappa shape index (κ2) is 5.28. The number of hydrogen-bond acceptors (Lipinski definition) is 4. The average Bonchev–Trinajstić information content (AvgIpc) is 3.04. The standard InChI is InChI=1S/C14H13N3O4/c18-13(19)8-17-7-10(6-15-17)16-14(20)12-5-9-3-1-2-4-11(9)21-12/h1-4,6-7,12H,5,8H2,(H,16,20)(H,18,19). The lowest BCUT2D eigenvalue weighted by Gasteiger charge is -2.09. The van der Waals surface area contributed by atoms with Crippen LogP contribution in [0.15, 0.2) is 36.7 Å². The number of carbonyl (C=O) groups excluding carboxylic acids is 1. The first-order valence-corrected chi connectivity index (χ1v) is 6.41. The minimum Gasteiger partial charge on any atom is -0.480 e. The van der Waals surface area contributed by atoms with E-state index in [2.05, 4.69) is 10.4 Å². The Morgan fingerprint density at radius 1 is 1.43 bits per heavy atom. The van der Waals surface area contributed by atoms with Crippen LogP contribution in [-0.4, -0.2) is 32.9 Å². The van der Waals surface area contributed by atoms with Gasteiger partial charge in [-0.05, 0) is 11.6 Å². The van der Waals surface area contributed by atoms with Crippen LogP contribution in [0.5, 0.6) is 5.75 Å². The predicted octanol–water partition coefficient (Wildman–Crippen LogP) is 0.910. The van der Waals surface area contributed by atoms with E-state index in [4.69, 9.17) is 9.84 Å². The molecule has 0 saturated heterocycles. The lowest BCUT2D eigenvalue weighted by Crippen LogP contribution is -2.31. The van der Waals surface area contributed by atoms with E-state index < -0.39 is 12.1 Å². The molecule has 0 saturated carbocycles. The highest BCUT2D eigenvalue weighted by Crippen LogP contribution is 2.28. The summed E-state index contributed by atoms with van der Waals surface area (Å²) in [4.78, 5) is 22.7. The number of para-hydroxylation sites is 1. The summed E-state index contributed by atoms with van der Waals surface area (Å²) in [5.41, 5.74) is 1.44. The van der Waals surface area contributed by atoms with Gasteiger partial charge in [0.1, 0.15) is 12.3 Å². The largest absolute Gasteiger partial charge is 0.480 e. The number of rotatable bonds is 4. The Labute approximate surface area is 120 Å². The number of nitrogens with one attached hydrogen (secondary N) is 1. The Kier molecular flexibility index (Phi) is 3.31. The molecule has 0 bridgehead atoms. The van der Waals surface area contributed by atoms with E-state index >= 15 is 0 Å². The molecular formula is C14H13N3O4. The van der Waals surface area contributed by atoms with Gasteiger partial charge >= 0.3 is 5.97 Å². The minimum atomic E-state index is -0.995. The molecule has 3 rings (SSSR count). The number of carboxylic acid groups (broad SMARTS) is 1. The van der Waals surface area contributed by atoms with Crippen LogP contribution in [-0.2, 0) is 22.6 Å². The highest BCUT2D eigenvalue weighted by molar-refractivity contribution is 5.94. The first kappa shape index (κ1) is 13.2. The van der Waals surface area contributed by atoms with E-state index in [0.29, 0.717) is 12.1 Å². The summed E-state index contributed by atoms with van der Waals surface area (Å²) < 4.78 is 6.82. The van der Waals surface area contributed by atoms with E-state index in [9.17, 15) is 9.59 Å². The molecule has 1 amide bonds. The fraction of sp³-hybridized carbons (Fsp3) is 0.214. The first-order chi connectivity index (χ1) is 10.1. The molecule has 108 valence electrons. The fourth-order valence-electron chi connectivity index (χ4n) is 2.20. The molecule has 0 radical (unpaired) electrons. The number of benzene rings is 1. The van der Waals surface area contributed by atoms with Crippen molar-refractivity contribution in [3.63, 3.8) is 0 Å². The zero-order valence-electron chi connectivity index (χ0n) is 11.0. The SMILES string of the molecule is O=C(O)Cn1cc(NC(=O)C2Cc3ccccc3O2)cn1. The van der Waals surface area contributed by atoms with E-state index in [-0.39, 0.29) is 12.5 Å². The van der Waals surface area contributed by atoms with Crippen molar-refractivity contribution in [1.29, 1.82) is 0 Å². The maximum atomic E-state index is 12.1. The van der Waals surface area contributed by atoms with Gasteiger partial charge < -0.3 is 15.2 Å². The number of ether oxygens (including phenoxy) is 1. The molecular weight excluding hydrogens is 274 g/mol. The first-order valence-electron chi connectivity index (χ1n) is 6.41. The molecule has 1 aliphatic rings. The number of carboxylic acids is 1.